The minimum Gasteiger partial charge on any atom is -0.479 e. The first-order valence-electron chi connectivity index (χ1n) is 6.22. The second-order valence-corrected chi connectivity index (χ2v) is 4.81. The molecule has 0 saturated carbocycles. The average molecular weight is 264 g/mol. The number of aliphatic carboxylic acids is 1. The number of carboxylic acids is 1. The van der Waals surface area contributed by atoms with Gasteiger partial charge in [0.15, 0.2) is 6.04 Å². The van der Waals surface area contributed by atoms with Crippen LogP contribution in [0.15, 0.2) is 30.3 Å². The molecule has 3 N–H and O–H groups in total. The van der Waals surface area contributed by atoms with E-state index in [0.717, 1.165) is 0 Å². The van der Waals surface area contributed by atoms with E-state index in [4.69, 9.17) is 0 Å². The van der Waals surface area contributed by atoms with Gasteiger partial charge in [-0.15, -0.1) is 0 Å². The summed E-state index contributed by atoms with van der Waals surface area (Å²) < 4.78 is 0. The van der Waals surface area contributed by atoms with Crippen molar-refractivity contribution in [2.75, 3.05) is 6.54 Å². The molecule has 19 heavy (non-hydrogen) atoms. The van der Waals surface area contributed by atoms with Crippen molar-refractivity contribution < 1.29 is 14.7 Å². The van der Waals surface area contributed by atoms with E-state index < -0.39 is 17.6 Å². The van der Waals surface area contributed by atoms with Crippen molar-refractivity contribution in [1.82, 2.24) is 10.6 Å². The van der Waals surface area contributed by atoms with E-state index in [1.165, 1.54) is 0 Å². The van der Waals surface area contributed by atoms with Crippen LogP contribution in [0, 0.1) is 0 Å². The standard InChI is InChI=1S/C14H20N2O3/c1-4-15-14(2,3)13(19)16-11(12(17)18)10-8-6-5-7-9-10/h5-9,11,15H,4H2,1-3H3,(H,16,19)(H,17,18)/t11-/m1/s1. The van der Waals surface area contributed by atoms with E-state index in [-0.39, 0.29) is 5.91 Å². The van der Waals surface area contributed by atoms with Crippen LogP contribution in [0.25, 0.3) is 0 Å². The van der Waals surface area contributed by atoms with Crippen molar-refractivity contribution in [2.45, 2.75) is 32.4 Å². The van der Waals surface area contributed by atoms with Crippen molar-refractivity contribution in [2.24, 2.45) is 0 Å². The number of rotatable bonds is 6. The molecule has 0 aliphatic rings. The molecule has 0 aromatic heterocycles. The lowest BCUT2D eigenvalue weighted by molar-refractivity contribution is -0.143. The molecule has 0 aliphatic heterocycles. The molecule has 0 saturated heterocycles. The van der Waals surface area contributed by atoms with Crippen LogP contribution in [0.3, 0.4) is 0 Å². The number of nitrogens with one attached hydrogen (secondary N) is 2. The minimum absolute atomic E-state index is 0.342. The molecular formula is C14H20N2O3. The van der Waals surface area contributed by atoms with Gasteiger partial charge in [0.25, 0.3) is 0 Å². The van der Waals surface area contributed by atoms with Crippen LogP contribution in [-0.2, 0) is 9.59 Å². The second kappa shape index (κ2) is 6.33. The smallest absolute Gasteiger partial charge is 0.330 e. The normalized spacial score (nSPS) is 12.8. The molecule has 1 rings (SSSR count). The SMILES string of the molecule is CCNC(C)(C)C(=O)N[C@@H](C(=O)O)c1ccccc1. The fourth-order valence-corrected chi connectivity index (χ4v) is 1.77. The highest BCUT2D eigenvalue weighted by atomic mass is 16.4. The molecule has 0 heterocycles. The predicted octanol–water partition coefficient (Wildman–Crippen LogP) is 1.32. The van der Waals surface area contributed by atoms with Gasteiger partial charge in [-0.1, -0.05) is 37.3 Å². The number of amides is 1. The van der Waals surface area contributed by atoms with Gasteiger partial charge in [0.2, 0.25) is 5.91 Å². The topological polar surface area (TPSA) is 78.4 Å². The van der Waals surface area contributed by atoms with Crippen molar-refractivity contribution in [3.05, 3.63) is 35.9 Å². The summed E-state index contributed by atoms with van der Waals surface area (Å²) in [4.78, 5) is 23.4. The number of benzene rings is 1. The summed E-state index contributed by atoms with van der Waals surface area (Å²) in [5.41, 5.74) is -0.257. The van der Waals surface area contributed by atoms with Gasteiger partial charge in [-0.2, -0.15) is 0 Å². The molecule has 5 heteroatoms. The number of carbonyl (C=O) groups is 2. The first-order valence-corrected chi connectivity index (χ1v) is 6.22. The number of likely N-dealkylation sites (N-methyl/N-ethyl adjacent to an activating group) is 1. The summed E-state index contributed by atoms with van der Waals surface area (Å²) in [7, 11) is 0. The van der Waals surface area contributed by atoms with Crippen LogP contribution in [0.5, 0.6) is 0 Å². The molecule has 0 aliphatic carbocycles. The summed E-state index contributed by atoms with van der Waals surface area (Å²) in [6, 6.07) is 7.61. The Morgan fingerprint density at radius 2 is 1.84 bits per heavy atom. The number of hydrogen-bond donors (Lipinski definition) is 3. The number of carbonyl (C=O) groups excluding carboxylic acids is 1. The first-order chi connectivity index (χ1) is 8.88. The van der Waals surface area contributed by atoms with E-state index in [1.54, 1.807) is 44.2 Å². The van der Waals surface area contributed by atoms with Gasteiger partial charge in [-0.05, 0) is 26.0 Å². The summed E-state index contributed by atoms with van der Waals surface area (Å²) in [6.45, 7) is 5.95. The van der Waals surface area contributed by atoms with Gasteiger partial charge in [-0.25, -0.2) is 4.79 Å². The van der Waals surface area contributed by atoms with Crippen LogP contribution in [0.2, 0.25) is 0 Å². The lowest BCUT2D eigenvalue weighted by Crippen LogP contribution is -2.54. The Hall–Kier alpha value is -1.88. The molecule has 1 aromatic rings. The number of carboxylic acid groups (broad SMARTS) is 1. The highest BCUT2D eigenvalue weighted by molar-refractivity contribution is 5.90. The molecule has 0 radical (unpaired) electrons. The van der Waals surface area contributed by atoms with Crippen molar-refractivity contribution >= 4 is 11.9 Å². The Kier molecular flexibility index (Phi) is 5.06. The van der Waals surface area contributed by atoms with Gasteiger partial charge in [0.05, 0.1) is 5.54 Å². The van der Waals surface area contributed by atoms with E-state index in [9.17, 15) is 14.7 Å². The largest absolute Gasteiger partial charge is 0.479 e. The van der Waals surface area contributed by atoms with Crippen LogP contribution in [0.4, 0.5) is 0 Å². The highest BCUT2D eigenvalue weighted by Gasteiger charge is 2.31. The highest BCUT2D eigenvalue weighted by Crippen LogP contribution is 2.14. The quantitative estimate of drug-likeness (QED) is 0.724. The third-order valence-electron chi connectivity index (χ3n) is 2.84. The predicted molar refractivity (Wildman–Crippen MR) is 72.7 cm³/mol. The van der Waals surface area contributed by atoms with Crippen LogP contribution in [0.1, 0.15) is 32.4 Å². The van der Waals surface area contributed by atoms with Crippen LogP contribution < -0.4 is 10.6 Å². The third-order valence-corrected chi connectivity index (χ3v) is 2.84. The average Bonchev–Trinajstić information content (AvgIpc) is 2.36. The molecule has 0 bridgehead atoms. The maximum Gasteiger partial charge on any atom is 0.330 e. The lowest BCUT2D eigenvalue weighted by Gasteiger charge is -2.26. The molecule has 0 spiro atoms. The van der Waals surface area contributed by atoms with Crippen LogP contribution >= 0.6 is 0 Å². The van der Waals surface area contributed by atoms with Crippen LogP contribution in [-0.4, -0.2) is 29.1 Å². The Morgan fingerprint density at radius 1 is 1.26 bits per heavy atom. The second-order valence-electron chi connectivity index (χ2n) is 4.81. The number of hydrogen-bond acceptors (Lipinski definition) is 3. The van der Waals surface area contributed by atoms with E-state index in [1.807, 2.05) is 6.92 Å². The zero-order valence-electron chi connectivity index (χ0n) is 11.4. The summed E-state index contributed by atoms with van der Waals surface area (Å²) in [5, 5.41) is 14.8. The minimum atomic E-state index is -1.08. The van der Waals surface area contributed by atoms with Crippen molar-refractivity contribution in [3.8, 4) is 0 Å². The molecular weight excluding hydrogens is 244 g/mol. The Labute approximate surface area is 113 Å². The van der Waals surface area contributed by atoms with Gasteiger partial charge < -0.3 is 15.7 Å². The maximum atomic E-state index is 12.1. The Bertz CT molecular complexity index is 443. The third kappa shape index (κ3) is 4.06. The van der Waals surface area contributed by atoms with Gasteiger partial charge in [0.1, 0.15) is 0 Å². The van der Waals surface area contributed by atoms with Crippen molar-refractivity contribution in [1.29, 1.82) is 0 Å². The van der Waals surface area contributed by atoms with E-state index in [0.29, 0.717) is 12.1 Å². The van der Waals surface area contributed by atoms with Gasteiger partial charge in [0, 0.05) is 0 Å². The zero-order chi connectivity index (χ0) is 14.5. The summed E-state index contributed by atoms with van der Waals surface area (Å²) in [5.74, 6) is -1.42. The Morgan fingerprint density at radius 3 is 2.32 bits per heavy atom. The first kappa shape index (κ1) is 15.2. The molecule has 104 valence electrons. The molecule has 0 unspecified atom stereocenters. The molecule has 1 amide bonds. The maximum absolute atomic E-state index is 12.1. The molecule has 0 fully saturated rings. The van der Waals surface area contributed by atoms with Crippen molar-refractivity contribution in [3.63, 3.8) is 0 Å². The monoisotopic (exact) mass is 264 g/mol. The van der Waals surface area contributed by atoms with E-state index >= 15 is 0 Å². The molecule has 5 nitrogen and oxygen atoms in total. The zero-order valence-corrected chi connectivity index (χ0v) is 11.4. The lowest BCUT2D eigenvalue weighted by atomic mass is 10.0. The van der Waals surface area contributed by atoms with Gasteiger partial charge in [-0.3, -0.25) is 4.79 Å². The molecule has 1 aromatic carbocycles. The Balaban J connectivity index is 2.87. The molecule has 1 atom stereocenters. The fourth-order valence-electron chi connectivity index (χ4n) is 1.77. The summed E-state index contributed by atoms with van der Waals surface area (Å²) in [6.07, 6.45) is 0. The summed E-state index contributed by atoms with van der Waals surface area (Å²) >= 11 is 0. The van der Waals surface area contributed by atoms with E-state index in [2.05, 4.69) is 10.6 Å². The van der Waals surface area contributed by atoms with Gasteiger partial charge >= 0.3 is 5.97 Å². The fraction of sp³-hybridized carbons (Fsp3) is 0.429.